The smallest absolute Gasteiger partial charge is 0.227 e. The number of carbonyl (C=O) groups excluding carboxylic acids is 1. The zero-order chi connectivity index (χ0) is 24.8. The van der Waals surface area contributed by atoms with Crippen molar-refractivity contribution in [2.45, 2.75) is 39.0 Å². The number of hydrogen-bond acceptors (Lipinski definition) is 3. The van der Waals surface area contributed by atoms with E-state index in [4.69, 9.17) is 0 Å². The molecule has 0 bridgehead atoms. The molecule has 0 heterocycles. The lowest BCUT2D eigenvalue weighted by Gasteiger charge is -2.26. The number of fused-ring (bicyclic) bond motifs is 1. The Bertz CT molecular complexity index is 1120. The van der Waals surface area contributed by atoms with Crippen molar-refractivity contribution in [3.8, 4) is 0 Å². The van der Waals surface area contributed by atoms with Gasteiger partial charge in [0.05, 0.1) is 6.42 Å². The van der Waals surface area contributed by atoms with Crippen LogP contribution >= 0.6 is 0 Å². The van der Waals surface area contributed by atoms with Gasteiger partial charge in [-0.15, -0.1) is 0 Å². The monoisotopic (exact) mass is 482 g/mol. The highest BCUT2D eigenvalue weighted by atomic mass is 32.2. The van der Waals surface area contributed by atoms with Crippen LogP contribution in [0.1, 0.15) is 50.8 Å². The molecule has 3 rings (SSSR count). The van der Waals surface area contributed by atoms with Gasteiger partial charge in [0.2, 0.25) is 5.91 Å². The molecule has 0 saturated heterocycles. The van der Waals surface area contributed by atoms with Gasteiger partial charge in [0, 0.05) is 41.6 Å². The Kier molecular flexibility index (Phi) is 8.97. The molecule has 0 aromatic heterocycles. The van der Waals surface area contributed by atoms with E-state index in [0.29, 0.717) is 13.1 Å². The third-order valence-corrected chi connectivity index (χ3v) is 7.56. The van der Waals surface area contributed by atoms with Crippen molar-refractivity contribution in [3.05, 3.63) is 70.5 Å². The Morgan fingerprint density at radius 2 is 1.65 bits per heavy atom. The second kappa shape index (κ2) is 11.7. The molecule has 1 aliphatic rings. The third kappa shape index (κ3) is 5.91. The van der Waals surface area contributed by atoms with Crippen LogP contribution in [0.2, 0.25) is 0 Å². The topological polar surface area (TPSA) is 40.6 Å². The van der Waals surface area contributed by atoms with Crippen molar-refractivity contribution in [1.29, 1.82) is 0 Å². The quantitative estimate of drug-likeness (QED) is 0.451. The summed E-state index contributed by atoms with van der Waals surface area (Å²) >= 11 is 0. The molecule has 0 N–H and O–H groups in total. The second-order valence-corrected chi connectivity index (χ2v) is 9.93. The van der Waals surface area contributed by atoms with Crippen molar-refractivity contribution < 1.29 is 13.4 Å². The molecule has 0 spiro atoms. The fraction of sp³-hybridized carbons (Fsp3) is 0.393. The molecule has 0 aliphatic heterocycles. The summed E-state index contributed by atoms with van der Waals surface area (Å²) in [5, 5.41) is 0. The van der Waals surface area contributed by atoms with Crippen molar-refractivity contribution in [2.24, 2.45) is 0 Å². The number of nitrogens with zero attached hydrogens (tertiary/aromatic N) is 2. The van der Waals surface area contributed by atoms with E-state index >= 15 is 0 Å². The lowest BCUT2D eigenvalue weighted by atomic mass is 10.0. The Balaban J connectivity index is 1.91. The number of rotatable bonds is 10. The lowest BCUT2D eigenvalue weighted by molar-refractivity contribution is -0.130. The largest absolute Gasteiger partial charge is 0.341 e. The summed E-state index contributed by atoms with van der Waals surface area (Å²) in [4.78, 5) is 18.2. The normalized spacial score (nSPS) is 15.2. The summed E-state index contributed by atoms with van der Waals surface area (Å²) in [6, 6.07) is 12.4. The van der Waals surface area contributed by atoms with E-state index in [9.17, 15) is 13.4 Å². The number of allylic oxidation sites excluding steroid dienone is 2. The van der Waals surface area contributed by atoms with Crippen LogP contribution in [0.4, 0.5) is 4.39 Å². The molecular weight excluding hydrogens is 447 g/mol. The predicted molar refractivity (Wildman–Crippen MR) is 140 cm³/mol. The van der Waals surface area contributed by atoms with Crippen molar-refractivity contribution in [3.63, 3.8) is 0 Å². The number of benzene rings is 2. The zero-order valence-electron chi connectivity index (χ0n) is 20.9. The fourth-order valence-electron chi connectivity index (χ4n) is 4.43. The van der Waals surface area contributed by atoms with Gasteiger partial charge in [0.15, 0.2) is 0 Å². The zero-order valence-corrected chi connectivity index (χ0v) is 21.7. The van der Waals surface area contributed by atoms with Crippen molar-refractivity contribution >= 4 is 33.9 Å². The summed E-state index contributed by atoms with van der Waals surface area (Å²) in [5.41, 5.74) is 5.59. The first-order chi connectivity index (χ1) is 16.3. The predicted octanol–water partition coefficient (Wildman–Crippen LogP) is 5.47. The third-order valence-electron chi connectivity index (χ3n) is 6.62. The van der Waals surface area contributed by atoms with Crippen LogP contribution in [-0.2, 0) is 15.6 Å². The highest BCUT2D eigenvalue weighted by Crippen LogP contribution is 2.44. The molecule has 6 heteroatoms. The van der Waals surface area contributed by atoms with Gasteiger partial charge in [-0.2, -0.15) is 0 Å². The number of carbonyl (C=O) groups is 1. The first kappa shape index (κ1) is 26.0. The van der Waals surface area contributed by atoms with Gasteiger partial charge in [-0.1, -0.05) is 32.0 Å². The van der Waals surface area contributed by atoms with Gasteiger partial charge in [0.1, 0.15) is 5.82 Å². The van der Waals surface area contributed by atoms with Crippen LogP contribution in [0.25, 0.3) is 17.2 Å². The van der Waals surface area contributed by atoms with Gasteiger partial charge in [-0.25, -0.2) is 4.39 Å². The molecule has 2 aromatic carbocycles. The Morgan fingerprint density at radius 3 is 2.24 bits per heavy atom. The molecule has 1 atom stereocenters. The number of amides is 1. The minimum Gasteiger partial charge on any atom is -0.341 e. The minimum absolute atomic E-state index is 0.0650. The van der Waals surface area contributed by atoms with E-state index in [1.54, 1.807) is 12.3 Å². The van der Waals surface area contributed by atoms with Gasteiger partial charge in [-0.3, -0.25) is 9.00 Å². The van der Waals surface area contributed by atoms with E-state index in [1.165, 1.54) is 12.1 Å². The molecule has 1 amide bonds. The standard InChI is InChI=1S/C28H35FN2O2S/c1-6-30(7-2)15-16-31(8-3)28(32)19-26-20(4)25(24-14-11-22(29)18-27(24)26)17-21-9-12-23(13-10-21)34(5)33/h9-14,17-18H,6-8,15-16,19H2,1-5H3/b25-17-. The molecular formula is C28H35FN2O2S. The fourth-order valence-corrected chi connectivity index (χ4v) is 4.95. The molecule has 0 saturated carbocycles. The van der Waals surface area contributed by atoms with Crippen LogP contribution in [0.3, 0.4) is 0 Å². The molecule has 1 unspecified atom stereocenters. The average molecular weight is 483 g/mol. The highest BCUT2D eigenvalue weighted by molar-refractivity contribution is 7.84. The Hall–Kier alpha value is -2.57. The van der Waals surface area contributed by atoms with Crippen LogP contribution < -0.4 is 0 Å². The first-order valence-corrected chi connectivity index (χ1v) is 13.5. The summed E-state index contributed by atoms with van der Waals surface area (Å²) in [5.74, 6) is -0.239. The van der Waals surface area contributed by atoms with Crippen molar-refractivity contribution in [1.82, 2.24) is 9.80 Å². The first-order valence-electron chi connectivity index (χ1n) is 11.9. The van der Waals surface area contributed by atoms with Crippen LogP contribution in [0.5, 0.6) is 0 Å². The molecule has 0 fully saturated rings. The average Bonchev–Trinajstić information content (AvgIpc) is 3.07. The SMILES string of the molecule is CCN(CC)CCN(CC)C(=O)CC1=C(C)/C(=C/c2ccc(S(C)=O)cc2)c2ccc(F)cc21. The van der Waals surface area contributed by atoms with Gasteiger partial charge in [0.25, 0.3) is 0 Å². The van der Waals surface area contributed by atoms with E-state index in [-0.39, 0.29) is 18.1 Å². The van der Waals surface area contributed by atoms with Crippen molar-refractivity contribution in [2.75, 3.05) is 39.0 Å². The summed E-state index contributed by atoms with van der Waals surface area (Å²) in [6.45, 7) is 12.4. The Labute approximate surface area is 205 Å². The summed E-state index contributed by atoms with van der Waals surface area (Å²) in [6.07, 6.45) is 3.97. The minimum atomic E-state index is -1.03. The number of hydrogen-bond donors (Lipinski definition) is 0. The van der Waals surface area contributed by atoms with Crippen LogP contribution in [0, 0.1) is 5.82 Å². The van der Waals surface area contributed by atoms with E-state index in [2.05, 4.69) is 24.8 Å². The number of halogens is 1. The van der Waals surface area contributed by atoms with Gasteiger partial charge < -0.3 is 9.80 Å². The molecule has 2 aromatic rings. The lowest BCUT2D eigenvalue weighted by Crippen LogP contribution is -2.38. The van der Waals surface area contributed by atoms with E-state index in [0.717, 1.165) is 57.9 Å². The van der Waals surface area contributed by atoms with Gasteiger partial charge in [-0.05, 0) is 90.7 Å². The Morgan fingerprint density at radius 1 is 0.971 bits per heavy atom. The molecule has 182 valence electrons. The second-order valence-electron chi connectivity index (χ2n) is 8.55. The van der Waals surface area contributed by atoms with E-state index in [1.807, 2.05) is 43.0 Å². The molecule has 0 radical (unpaired) electrons. The highest BCUT2D eigenvalue weighted by Gasteiger charge is 2.27. The summed E-state index contributed by atoms with van der Waals surface area (Å²) in [7, 11) is -1.03. The van der Waals surface area contributed by atoms with Gasteiger partial charge >= 0.3 is 0 Å². The number of likely N-dealkylation sites (N-methyl/N-ethyl adjacent to an activating group) is 2. The molecule has 1 aliphatic carbocycles. The maximum Gasteiger partial charge on any atom is 0.227 e. The molecule has 4 nitrogen and oxygen atoms in total. The summed E-state index contributed by atoms with van der Waals surface area (Å²) < 4.78 is 25.9. The van der Waals surface area contributed by atoms with Crippen LogP contribution in [0.15, 0.2) is 52.9 Å². The molecule has 34 heavy (non-hydrogen) atoms. The van der Waals surface area contributed by atoms with E-state index < -0.39 is 10.8 Å². The maximum atomic E-state index is 14.2. The maximum absolute atomic E-state index is 14.2. The van der Waals surface area contributed by atoms with Crippen LogP contribution in [-0.4, -0.2) is 58.9 Å².